The van der Waals surface area contributed by atoms with Gasteiger partial charge in [0.05, 0.1) is 13.2 Å². The van der Waals surface area contributed by atoms with Crippen LogP contribution in [-0.2, 0) is 46.5 Å². The number of likely N-dealkylation sites (N-methyl/N-ethyl adjacent to an activating group) is 1. The van der Waals surface area contributed by atoms with E-state index in [1.165, 1.54) is 16.0 Å². The van der Waals surface area contributed by atoms with Crippen molar-refractivity contribution in [3.63, 3.8) is 0 Å². The Bertz CT molecular complexity index is 1500. The largest absolute Gasteiger partial charge is 0.458 e. The highest BCUT2D eigenvalue weighted by Crippen LogP contribution is 2.55. The molecule has 6 unspecified atom stereocenters. The highest BCUT2D eigenvalue weighted by Gasteiger charge is 2.74. The standard InChI is InChI=1S/C32H36N4O9/c1-35(2)24(38)11-10-19-6-8-20(9-7-19)17-36-27-30(40)44-23-15-32(27,28(45-36)26-25(23)42-18-43-26)31(41)34-16-21-4-3-5-22(14-21)29(39)33-12-13-37/h3-11,14,23,25-28,37H,12-13,15-18H2,1-2H3,(H,33,39)(H,34,41). The summed E-state index contributed by atoms with van der Waals surface area (Å²) < 4.78 is 17.5. The fraction of sp³-hybridized carbons (Fsp3) is 0.438. The number of hydrogen-bond donors (Lipinski definition) is 3. The number of esters is 1. The van der Waals surface area contributed by atoms with Crippen molar-refractivity contribution in [1.82, 2.24) is 20.6 Å². The lowest BCUT2D eigenvalue weighted by Gasteiger charge is -2.48. The van der Waals surface area contributed by atoms with Crippen molar-refractivity contribution >= 4 is 29.8 Å². The third-order valence-corrected chi connectivity index (χ3v) is 8.71. The highest BCUT2D eigenvalue weighted by atomic mass is 16.8. The molecule has 2 aromatic carbocycles. The Morgan fingerprint density at radius 1 is 1.07 bits per heavy atom. The van der Waals surface area contributed by atoms with Crippen molar-refractivity contribution in [3.8, 4) is 0 Å². The molecule has 13 nitrogen and oxygen atoms in total. The molecule has 2 aromatic rings. The van der Waals surface area contributed by atoms with E-state index in [2.05, 4.69) is 10.6 Å². The number of nitrogens with zero attached hydrogens (tertiary/aromatic N) is 2. The summed E-state index contributed by atoms with van der Waals surface area (Å²) in [6.45, 7) is 0.262. The molecule has 1 saturated carbocycles. The van der Waals surface area contributed by atoms with Crippen LogP contribution in [0.4, 0.5) is 0 Å². The minimum absolute atomic E-state index is 0.00204. The van der Waals surface area contributed by atoms with Crippen LogP contribution in [0.5, 0.6) is 0 Å². The number of rotatable bonds is 10. The predicted octanol–water partition coefficient (Wildman–Crippen LogP) is 0.368. The van der Waals surface area contributed by atoms with Gasteiger partial charge in [-0.25, -0.2) is 0 Å². The van der Waals surface area contributed by atoms with E-state index in [4.69, 9.17) is 24.2 Å². The van der Waals surface area contributed by atoms with E-state index in [1.807, 2.05) is 24.3 Å². The fourth-order valence-corrected chi connectivity index (χ4v) is 6.50. The second-order valence-corrected chi connectivity index (χ2v) is 11.8. The van der Waals surface area contributed by atoms with Crippen LogP contribution in [0.3, 0.4) is 0 Å². The van der Waals surface area contributed by atoms with Crippen LogP contribution < -0.4 is 10.6 Å². The van der Waals surface area contributed by atoms with Crippen molar-refractivity contribution in [1.29, 1.82) is 0 Å². The van der Waals surface area contributed by atoms with Gasteiger partial charge in [0.2, 0.25) is 11.8 Å². The number of fused-ring (bicyclic) bond motifs is 4. The molecule has 3 aliphatic heterocycles. The van der Waals surface area contributed by atoms with Crippen LogP contribution in [0.25, 0.3) is 6.08 Å². The maximum absolute atomic E-state index is 14.2. The molecule has 4 fully saturated rings. The number of carbonyl (C=O) groups excluding carboxylic acids is 4. The first-order chi connectivity index (χ1) is 21.7. The zero-order valence-corrected chi connectivity index (χ0v) is 25.0. The highest BCUT2D eigenvalue weighted by molar-refractivity contribution is 5.95. The first kappa shape index (κ1) is 30.9. The van der Waals surface area contributed by atoms with E-state index in [-0.39, 0.29) is 57.2 Å². The number of carbonyl (C=O) groups is 4. The van der Waals surface area contributed by atoms with Crippen LogP contribution >= 0.6 is 0 Å². The van der Waals surface area contributed by atoms with Crippen LogP contribution in [0.2, 0.25) is 0 Å². The van der Waals surface area contributed by atoms with Gasteiger partial charge in [0.15, 0.2) is 6.04 Å². The van der Waals surface area contributed by atoms with Crippen molar-refractivity contribution < 1.29 is 43.3 Å². The maximum Gasteiger partial charge on any atom is 0.327 e. The van der Waals surface area contributed by atoms with E-state index < -0.39 is 41.8 Å². The summed E-state index contributed by atoms with van der Waals surface area (Å²) in [5, 5.41) is 16.1. The van der Waals surface area contributed by atoms with Gasteiger partial charge >= 0.3 is 5.97 Å². The molecule has 3 amide bonds. The number of ether oxygens (including phenoxy) is 3. The van der Waals surface area contributed by atoms with Crippen molar-refractivity contribution in [2.75, 3.05) is 34.0 Å². The monoisotopic (exact) mass is 620 g/mol. The van der Waals surface area contributed by atoms with Crippen molar-refractivity contribution in [3.05, 3.63) is 76.9 Å². The zero-order chi connectivity index (χ0) is 31.7. The normalized spacial score (nSPS) is 28.4. The average Bonchev–Trinajstić information content (AvgIpc) is 3.67. The third kappa shape index (κ3) is 5.85. The topological polar surface area (TPSA) is 156 Å². The lowest BCUT2D eigenvalue weighted by atomic mass is 9.62. The molecule has 4 aliphatic rings. The van der Waals surface area contributed by atoms with Crippen molar-refractivity contribution in [2.45, 2.75) is 50.0 Å². The van der Waals surface area contributed by atoms with Gasteiger partial charge in [-0.05, 0) is 34.9 Å². The van der Waals surface area contributed by atoms with E-state index in [9.17, 15) is 19.2 Å². The molecule has 0 radical (unpaired) electrons. The first-order valence-corrected chi connectivity index (χ1v) is 14.8. The third-order valence-electron chi connectivity index (χ3n) is 8.71. The molecule has 1 aliphatic carbocycles. The summed E-state index contributed by atoms with van der Waals surface area (Å²) in [6, 6.07) is 13.2. The number of amides is 3. The van der Waals surface area contributed by atoms with Crippen LogP contribution in [0.1, 0.15) is 33.5 Å². The van der Waals surface area contributed by atoms with E-state index in [1.54, 1.807) is 44.4 Å². The molecule has 3 N–H and O–H groups in total. The Hall–Kier alpha value is -4.14. The fourth-order valence-electron chi connectivity index (χ4n) is 6.50. The smallest absolute Gasteiger partial charge is 0.327 e. The Kier molecular flexibility index (Phi) is 8.71. The molecule has 3 heterocycles. The van der Waals surface area contributed by atoms with Crippen LogP contribution in [0, 0.1) is 5.41 Å². The Morgan fingerprint density at radius 2 is 1.84 bits per heavy atom. The Balaban J connectivity index is 1.23. The van der Waals surface area contributed by atoms with E-state index >= 15 is 0 Å². The molecule has 6 atom stereocenters. The maximum atomic E-state index is 14.2. The molecule has 13 heteroatoms. The Labute approximate surface area is 260 Å². The number of aliphatic hydroxyl groups excluding tert-OH is 1. The summed E-state index contributed by atoms with van der Waals surface area (Å²) in [4.78, 5) is 60.0. The van der Waals surface area contributed by atoms with Gasteiger partial charge in [0, 0.05) is 45.2 Å². The summed E-state index contributed by atoms with van der Waals surface area (Å²) in [6.07, 6.45) is 0.785. The van der Waals surface area contributed by atoms with E-state index in [0.29, 0.717) is 11.1 Å². The summed E-state index contributed by atoms with van der Waals surface area (Å²) in [5.41, 5.74) is 1.43. The van der Waals surface area contributed by atoms with Gasteiger partial charge in [-0.15, -0.1) is 0 Å². The quantitative estimate of drug-likeness (QED) is 0.251. The van der Waals surface area contributed by atoms with E-state index in [0.717, 1.165) is 11.1 Å². The van der Waals surface area contributed by atoms with Gasteiger partial charge in [-0.2, -0.15) is 5.06 Å². The van der Waals surface area contributed by atoms with Gasteiger partial charge in [-0.1, -0.05) is 36.4 Å². The first-order valence-electron chi connectivity index (χ1n) is 14.8. The van der Waals surface area contributed by atoms with Crippen LogP contribution in [-0.4, -0.2) is 103 Å². The molecule has 0 aromatic heterocycles. The van der Waals surface area contributed by atoms with Gasteiger partial charge in [0.1, 0.15) is 36.6 Å². The Morgan fingerprint density at radius 3 is 2.60 bits per heavy atom. The second-order valence-electron chi connectivity index (χ2n) is 11.8. The minimum atomic E-state index is -1.31. The molecular formula is C32H36N4O9. The zero-order valence-electron chi connectivity index (χ0n) is 25.0. The number of hydroxylamine groups is 2. The molecule has 0 spiro atoms. The SMILES string of the molecule is CN(C)C(=O)C=Cc1ccc(CN2OC3C4OCOC4C4CC3(C(=O)NCc3cccc(C(=O)NCCO)c3)C2C(=O)O4)cc1. The summed E-state index contributed by atoms with van der Waals surface area (Å²) in [7, 11) is 3.36. The lowest BCUT2D eigenvalue weighted by Crippen LogP contribution is -2.69. The average molecular weight is 621 g/mol. The van der Waals surface area contributed by atoms with Gasteiger partial charge < -0.3 is 34.9 Å². The van der Waals surface area contributed by atoms with Crippen LogP contribution in [0.15, 0.2) is 54.6 Å². The predicted molar refractivity (Wildman–Crippen MR) is 158 cm³/mol. The van der Waals surface area contributed by atoms with Gasteiger partial charge in [0.25, 0.3) is 5.91 Å². The van der Waals surface area contributed by atoms with Crippen molar-refractivity contribution in [2.24, 2.45) is 5.41 Å². The number of nitrogens with one attached hydrogen (secondary N) is 2. The summed E-state index contributed by atoms with van der Waals surface area (Å²) in [5.74, 6) is -1.41. The molecular weight excluding hydrogens is 584 g/mol. The lowest BCUT2D eigenvalue weighted by molar-refractivity contribution is -0.201. The molecule has 238 valence electrons. The minimum Gasteiger partial charge on any atom is -0.458 e. The summed E-state index contributed by atoms with van der Waals surface area (Å²) >= 11 is 0. The molecule has 2 bridgehead atoms. The molecule has 3 saturated heterocycles. The molecule has 6 rings (SSSR count). The number of aliphatic hydroxyl groups is 1. The molecule has 45 heavy (non-hydrogen) atoms. The number of hydrogen-bond acceptors (Lipinski definition) is 10. The second kappa shape index (κ2) is 12.7. The van der Waals surface area contributed by atoms with Gasteiger partial charge in [-0.3, -0.25) is 24.0 Å². The number of benzene rings is 2.